The fourth-order valence-electron chi connectivity index (χ4n) is 2.01. The average molecular weight is 251 g/mol. The van der Waals surface area contributed by atoms with E-state index in [1.54, 1.807) is 0 Å². The van der Waals surface area contributed by atoms with E-state index < -0.39 is 0 Å². The summed E-state index contributed by atoms with van der Waals surface area (Å²) < 4.78 is 0. The van der Waals surface area contributed by atoms with Crippen molar-refractivity contribution in [2.24, 2.45) is 0 Å². The van der Waals surface area contributed by atoms with E-state index in [1.807, 2.05) is 19.1 Å². The molecule has 1 aromatic carbocycles. The molecule has 2 aromatic rings. The first-order valence-electron chi connectivity index (χ1n) is 6.38. The van der Waals surface area contributed by atoms with Crippen molar-refractivity contribution in [2.45, 2.75) is 20.8 Å². The number of rotatable bonds is 3. The highest BCUT2D eigenvalue weighted by Crippen LogP contribution is 2.25. The summed E-state index contributed by atoms with van der Waals surface area (Å²) in [5, 5.41) is 12.2. The molecule has 0 unspecified atom stereocenters. The fraction of sp³-hybridized carbons (Fsp3) is 0.250. The molecule has 1 N–H and O–H groups in total. The predicted octanol–water partition coefficient (Wildman–Crippen LogP) is 3.67. The zero-order valence-electron chi connectivity index (χ0n) is 11.5. The molecular weight excluding hydrogens is 234 g/mol. The smallest absolute Gasteiger partial charge is 0.144 e. The summed E-state index contributed by atoms with van der Waals surface area (Å²) in [7, 11) is 0. The zero-order valence-corrected chi connectivity index (χ0v) is 11.5. The van der Waals surface area contributed by atoms with Crippen molar-refractivity contribution < 1.29 is 0 Å². The van der Waals surface area contributed by atoms with Crippen LogP contribution in [0.2, 0.25) is 0 Å². The molecule has 96 valence electrons. The second-order valence-corrected chi connectivity index (χ2v) is 4.55. The molecule has 0 spiro atoms. The maximum Gasteiger partial charge on any atom is 0.144 e. The first-order chi connectivity index (χ1) is 9.15. The number of pyridine rings is 1. The molecule has 1 heterocycles. The molecule has 0 radical (unpaired) electrons. The maximum atomic E-state index is 9.08. The van der Waals surface area contributed by atoms with Gasteiger partial charge in [0, 0.05) is 12.1 Å². The summed E-state index contributed by atoms with van der Waals surface area (Å²) in [5.74, 6) is 0.656. The van der Waals surface area contributed by atoms with Crippen LogP contribution in [0.5, 0.6) is 0 Å². The van der Waals surface area contributed by atoms with Crippen molar-refractivity contribution in [1.29, 1.82) is 5.26 Å². The number of aryl methyl sites for hydroxylation is 2. The van der Waals surface area contributed by atoms with Crippen LogP contribution in [0.4, 0.5) is 5.82 Å². The van der Waals surface area contributed by atoms with Gasteiger partial charge in [-0.1, -0.05) is 17.7 Å². The SMILES string of the molecule is CCNc1nc(-c2cc(C)ccc2C)ccc1C#N. The Bertz CT molecular complexity index is 639. The van der Waals surface area contributed by atoms with Gasteiger partial charge in [-0.3, -0.25) is 0 Å². The zero-order chi connectivity index (χ0) is 13.8. The van der Waals surface area contributed by atoms with Gasteiger partial charge in [-0.15, -0.1) is 0 Å². The Morgan fingerprint density at radius 2 is 2.00 bits per heavy atom. The Morgan fingerprint density at radius 3 is 2.68 bits per heavy atom. The van der Waals surface area contributed by atoms with Crippen molar-refractivity contribution in [3.63, 3.8) is 0 Å². The highest BCUT2D eigenvalue weighted by atomic mass is 15.0. The van der Waals surface area contributed by atoms with Crippen molar-refractivity contribution in [3.8, 4) is 17.3 Å². The van der Waals surface area contributed by atoms with E-state index in [9.17, 15) is 0 Å². The van der Waals surface area contributed by atoms with Gasteiger partial charge in [0.25, 0.3) is 0 Å². The minimum atomic E-state index is 0.580. The topological polar surface area (TPSA) is 48.7 Å². The fourth-order valence-corrected chi connectivity index (χ4v) is 2.01. The van der Waals surface area contributed by atoms with Crippen LogP contribution in [0.15, 0.2) is 30.3 Å². The van der Waals surface area contributed by atoms with Crippen LogP contribution >= 0.6 is 0 Å². The van der Waals surface area contributed by atoms with Crippen LogP contribution in [0.1, 0.15) is 23.6 Å². The molecule has 0 saturated carbocycles. The summed E-state index contributed by atoms with van der Waals surface area (Å²) >= 11 is 0. The standard InChI is InChI=1S/C16H17N3/c1-4-18-16-13(10-17)7-8-15(19-16)14-9-11(2)5-6-12(14)3/h5-9H,4H2,1-3H3,(H,18,19). The van der Waals surface area contributed by atoms with E-state index in [0.717, 1.165) is 17.8 Å². The molecule has 2 rings (SSSR count). The first-order valence-corrected chi connectivity index (χ1v) is 6.38. The summed E-state index contributed by atoms with van der Waals surface area (Å²) in [6.07, 6.45) is 0. The number of hydrogen-bond donors (Lipinski definition) is 1. The van der Waals surface area contributed by atoms with Gasteiger partial charge < -0.3 is 5.32 Å². The molecule has 19 heavy (non-hydrogen) atoms. The Hall–Kier alpha value is -2.34. The third kappa shape index (κ3) is 2.74. The van der Waals surface area contributed by atoms with Gasteiger partial charge in [-0.2, -0.15) is 5.26 Å². The molecule has 0 aliphatic rings. The van der Waals surface area contributed by atoms with Crippen LogP contribution in [0.3, 0.4) is 0 Å². The van der Waals surface area contributed by atoms with Crippen LogP contribution < -0.4 is 5.32 Å². The molecule has 0 atom stereocenters. The van der Waals surface area contributed by atoms with Crippen molar-refractivity contribution in [1.82, 2.24) is 4.98 Å². The van der Waals surface area contributed by atoms with E-state index >= 15 is 0 Å². The summed E-state index contributed by atoms with van der Waals surface area (Å²) in [6, 6.07) is 12.2. The number of hydrogen-bond acceptors (Lipinski definition) is 3. The van der Waals surface area contributed by atoms with Gasteiger partial charge in [0.15, 0.2) is 0 Å². The third-order valence-corrected chi connectivity index (χ3v) is 3.03. The Labute approximate surface area is 113 Å². The lowest BCUT2D eigenvalue weighted by atomic mass is 10.0. The van der Waals surface area contributed by atoms with Crippen LogP contribution in [-0.2, 0) is 0 Å². The van der Waals surface area contributed by atoms with Gasteiger partial charge in [0.1, 0.15) is 11.9 Å². The molecule has 3 nitrogen and oxygen atoms in total. The number of aromatic nitrogens is 1. The lowest BCUT2D eigenvalue weighted by molar-refractivity contribution is 1.15. The van der Waals surface area contributed by atoms with Crippen LogP contribution in [0, 0.1) is 25.2 Å². The van der Waals surface area contributed by atoms with E-state index in [-0.39, 0.29) is 0 Å². The average Bonchev–Trinajstić information content (AvgIpc) is 2.42. The normalized spacial score (nSPS) is 10.0. The van der Waals surface area contributed by atoms with Gasteiger partial charge in [-0.25, -0.2) is 4.98 Å². The van der Waals surface area contributed by atoms with Gasteiger partial charge in [0.05, 0.1) is 11.3 Å². The highest BCUT2D eigenvalue weighted by Gasteiger charge is 2.08. The number of nitrogens with zero attached hydrogens (tertiary/aromatic N) is 2. The molecule has 1 aromatic heterocycles. The molecule has 0 bridgehead atoms. The minimum Gasteiger partial charge on any atom is -0.369 e. The predicted molar refractivity (Wildman–Crippen MR) is 78.0 cm³/mol. The molecule has 0 fully saturated rings. The van der Waals surface area contributed by atoms with Crippen LogP contribution in [-0.4, -0.2) is 11.5 Å². The number of benzene rings is 1. The van der Waals surface area contributed by atoms with E-state index in [1.165, 1.54) is 11.1 Å². The highest BCUT2D eigenvalue weighted by molar-refractivity contribution is 5.68. The summed E-state index contributed by atoms with van der Waals surface area (Å²) in [5.41, 5.74) is 4.98. The van der Waals surface area contributed by atoms with E-state index in [2.05, 4.69) is 48.4 Å². The van der Waals surface area contributed by atoms with Gasteiger partial charge in [-0.05, 0) is 44.5 Å². The lowest BCUT2D eigenvalue weighted by Crippen LogP contribution is -2.03. The number of nitrogens with one attached hydrogen (secondary N) is 1. The maximum absolute atomic E-state index is 9.08. The Balaban J connectivity index is 2.54. The van der Waals surface area contributed by atoms with Crippen molar-refractivity contribution in [2.75, 3.05) is 11.9 Å². The second-order valence-electron chi connectivity index (χ2n) is 4.55. The largest absolute Gasteiger partial charge is 0.369 e. The Kier molecular flexibility index (Phi) is 3.82. The summed E-state index contributed by atoms with van der Waals surface area (Å²) in [4.78, 5) is 4.57. The van der Waals surface area contributed by atoms with Crippen molar-refractivity contribution in [3.05, 3.63) is 47.0 Å². The Morgan fingerprint density at radius 1 is 1.21 bits per heavy atom. The first kappa shape index (κ1) is 13.1. The monoisotopic (exact) mass is 251 g/mol. The van der Waals surface area contributed by atoms with Gasteiger partial charge in [0.2, 0.25) is 0 Å². The van der Waals surface area contributed by atoms with Crippen molar-refractivity contribution >= 4 is 5.82 Å². The second kappa shape index (κ2) is 5.53. The molecule has 0 aliphatic carbocycles. The molecule has 0 amide bonds. The molecule has 3 heteroatoms. The quantitative estimate of drug-likeness (QED) is 0.905. The summed E-state index contributed by atoms with van der Waals surface area (Å²) in [6.45, 7) is 6.88. The number of anilines is 1. The molecule has 0 aliphatic heterocycles. The number of nitriles is 1. The van der Waals surface area contributed by atoms with E-state index in [0.29, 0.717) is 11.4 Å². The third-order valence-electron chi connectivity index (χ3n) is 3.03. The molecular formula is C16H17N3. The minimum absolute atomic E-state index is 0.580. The lowest BCUT2D eigenvalue weighted by Gasteiger charge is -2.10. The van der Waals surface area contributed by atoms with Gasteiger partial charge >= 0.3 is 0 Å². The molecule has 0 saturated heterocycles. The van der Waals surface area contributed by atoms with E-state index in [4.69, 9.17) is 5.26 Å². The van der Waals surface area contributed by atoms with Crippen LogP contribution in [0.25, 0.3) is 11.3 Å².